The Kier molecular flexibility index (Phi) is 4.26. The SMILES string of the molecule is Cc1cc([N+](=O)[O-])ccc1NCC(O)Cn1cncn1. The van der Waals surface area contributed by atoms with E-state index in [0.29, 0.717) is 13.1 Å². The second-order valence-corrected chi connectivity index (χ2v) is 4.41. The van der Waals surface area contributed by atoms with Crippen molar-refractivity contribution < 1.29 is 10.0 Å². The second-order valence-electron chi connectivity index (χ2n) is 4.41. The van der Waals surface area contributed by atoms with Gasteiger partial charge in [0.2, 0.25) is 0 Å². The summed E-state index contributed by atoms with van der Waals surface area (Å²) in [7, 11) is 0. The van der Waals surface area contributed by atoms with Gasteiger partial charge in [0.1, 0.15) is 12.7 Å². The zero-order chi connectivity index (χ0) is 14.5. The van der Waals surface area contributed by atoms with E-state index >= 15 is 0 Å². The van der Waals surface area contributed by atoms with E-state index in [4.69, 9.17) is 0 Å². The number of hydrogen-bond acceptors (Lipinski definition) is 6. The van der Waals surface area contributed by atoms with Crippen molar-refractivity contribution in [1.29, 1.82) is 0 Å². The summed E-state index contributed by atoms with van der Waals surface area (Å²) >= 11 is 0. The predicted molar refractivity (Wildman–Crippen MR) is 72.4 cm³/mol. The molecule has 0 spiro atoms. The third-order valence-corrected chi connectivity index (χ3v) is 2.81. The minimum Gasteiger partial charge on any atom is -0.389 e. The lowest BCUT2D eigenvalue weighted by Crippen LogP contribution is -2.25. The second kappa shape index (κ2) is 6.11. The number of benzene rings is 1. The number of aliphatic hydroxyl groups is 1. The number of nitro benzene ring substituents is 1. The lowest BCUT2D eigenvalue weighted by Gasteiger charge is -2.14. The third-order valence-electron chi connectivity index (χ3n) is 2.81. The number of hydrogen-bond donors (Lipinski definition) is 2. The molecular weight excluding hydrogens is 262 g/mol. The van der Waals surface area contributed by atoms with Gasteiger partial charge in [-0.05, 0) is 18.6 Å². The molecule has 1 atom stereocenters. The van der Waals surface area contributed by atoms with Crippen LogP contribution in [0.1, 0.15) is 5.56 Å². The fourth-order valence-corrected chi connectivity index (χ4v) is 1.80. The molecule has 2 aromatic rings. The normalized spacial score (nSPS) is 12.1. The molecular formula is C12H15N5O3. The first-order valence-corrected chi connectivity index (χ1v) is 6.05. The van der Waals surface area contributed by atoms with E-state index in [2.05, 4.69) is 15.4 Å². The van der Waals surface area contributed by atoms with Crippen LogP contribution in [0.5, 0.6) is 0 Å². The molecule has 0 amide bonds. The molecule has 106 valence electrons. The third kappa shape index (κ3) is 3.51. The number of aryl methyl sites for hydroxylation is 1. The first-order chi connectivity index (χ1) is 9.56. The first-order valence-electron chi connectivity index (χ1n) is 6.05. The number of nitrogens with zero attached hydrogens (tertiary/aromatic N) is 4. The minimum atomic E-state index is -0.633. The highest BCUT2D eigenvalue weighted by molar-refractivity contribution is 5.55. The first kappa shape index (κ1) is 13.9. The molecule has 2 N–H and O–H groups in total. The average Bonchev–Trinajstić information content (AvgIpc) is 2.90. The van der Waals surface area contributed by atoms with Crippen LogP contribution < -0.4 is 5.32 Å². The van der Waals surface area contributed by atoms with Gasteiger partial charge in [0, 0.05) is 24.4 Å². The van der Waals surface area contributed by atoms with Gasteiger partial charge in [-0.2, -0.15) is 5.10 Å². The van der Waals surface area contributed by atoms with E-state index in [9.17, 15) is 15.2 Å². The van der Waals surface area contributed by atoms with Crippen LogP contribution in [0, 0.1) is 17.0 Å². The van der Waals surface area contributed by atoms with Crippen molar-refractivity contribution in [2.75, 3.05) is 11.9 Å². The van der Waals surface area contributed by atoms with Crippen molar-refractivity contribution in [3.63, 3.8) is 0 Å². The fourth-order valence-electron chi connectivity index (χ4n) is 1.80. The molecule has 1 unspecified atom stereocenters. The molecule has 0 aliphatic rings. The molecule has 1 heterocycles. The van der Waals surface area contributed by atoms with Crippen molar-refractivity contribution in [1.82, 2.24) is 14.8 Å². The maximum atomic E-state index is 10.6. The van der Waals surface area contributed by atoms with Gasteiger partial charge in [-0.15, -0.1) is 0 Å². The Balaban J connectivity index is 1.92. The van der Waals surface area contributed by atoms with Crippen LogP contribution in [-0.4, -0.2) is 37.4 Å². The molecule has 0 aliphatic heterocycles. The van der Waals surface area contributed by atoms with Crippen molar-refractivity contribution >= 4 is 11.4 Å². The summed E-state index contributed by atoms with van der Waals surface area (Å²) < 4.78 is 1.54. The fraction of sp³-hybridized carbons (Fsp3) is 0.333. The summed E-state index contributed by atoms with van der Waals surface area (Å²) in [6.45, 7) is 2.43. The summed E-state index contributed by atoms with van der Waals surface area (Å²) in [6, 6.07) is 4.56. The quantitative estimate of drug-likeness (QED) is 0.602. The molecule has 0 saturated heterocycles. The number of aliphatic hydroxyl groups excluding tert-OH is 1. The summed E-state index contributed by atoms with van der Waals surface area (Å²) in [5.41, 5.74) is 1.57. The van der Waals surface area contributed by atoms with E-state index in [1.165, 1.54) is 29.5 Å². The minimum absolute atomic E-state index is 0.0520. The molecule has 1 aromatic carbocycles. The largest absolute Gasteiger partial charge is 0.389 e. The molecule has 20 heavy (non-hydrogen) atoms. The zero-order valence-corrected chi connectivity index (χ0v) is 10.9. The van der Waals surface area contributed by atoms with Gasteiger partial charge in [0.25, 0.3) is 5.69 Å². The molecule has 1 aromatic heterocycles. The van der Waals surface area contributed by atoms with E-state index in [1.807, 2.05) is 0 Å². The van der Waals surface area contributed by atoms with E-state index in [0.717, 1.165) is 11.3 Å². The van der Waals surface area contributed by atoms with Crippen molar-refractivity contribution in [2.24, 2.45) is 0 Å². The Morgan fingerprint density at radius 2 is 2.35 bits per heavy atom. The maximum Gasteiger partial charge on any atom is 0.269 e. The van der Waals surface area contributed by atoms with Gasteiger partial charge in [-0.1, -0.05) is 0 Å². The Morgan fingerprint density at radius 1 is 1.55 bits per heavy atom. The van der Waals surface area contributed by atoms with Crippen LogP contribution in [0.25, 0.3) is 0 Å². The average molecular weight is 277 g/mol. The summed E-state index contributed by atoms with van der Waals surface area (Å²) in [5, 5.41) is 27.5. The summed E-state index contributed by atoms with van der Waals surface area (Å²) in [5.74, 6) is 0. The van der Waals surface area contributed by atoms with E-state index in [1.54, 1.807) is 13.0 Å². The molecule has 8 heteroatoms. The highest BCUT2D eigenvalue weighted by Gasteiger charge is 2.10. The smallest absolute Gasteiger partial charge is 0.269 e. The topological polar surface area (TPSA) is 106 Å². The summed E-state index contributed by atoms with van der Waals surface area (Å²) in [6.07, 6.45) is 2.30. The Morgan fingerprint density at radius 3 is 2.95 bits per heavy atom. The Labute approximate surface area is 115 Å². The van der Waals surface area contributed by atoms with Crippen LogP contribution in [0.3, 0.4) is 0 Å². The predicted octanol–water partition coefficient (Wildman–Crippen LogP) is 0.968. The van der Waals surface area contributed by atoms with Gasteiger partial charge in [0.15, 0.2) is 0 Å². The number of non-ortho nitro benzene ring substituents is 1. The number of anilines is 1. The van der Waals surface area contributed by atoms with Gasteiger partial charge in [-0.25, -0.2) is 4.98 Å². The van der Waals surface area contributed by atoms with Crippen LogP contribution in [0.4, 0.5) is 11.4 Å². The lowest BCUT2D eigenvalue weighted by atomic mass is 10.1. The number of nitro groups is 1. The maximum absolute atomic E-state index is 10.6. The molecule has 2 rings (SSSR count). The van der Waals surface area contributed by atoms with Crippen molar-refractivity contribution in [3.05, 3.63) is 46.5 Å². The molecule has 0 aliphatic carbocycles. The van der Waals surface area contributed by atoms with Crippen LogP contribution in [-0.2, 0) is 6.54 Å². The highest BCUT2D eigenvalue weighted by Crippen LogP contribution is 2.21. The molecule has 8 nitrogen and oxygen atoms in total. The Hall–Kier alpha value is -2.48. The van der Waals surface area contributed by atoms with Gasteiger partial charge >= 0.3 is 0 Å². The monoisotopic (exact) mass is 277 g/mol. The van der Waals surface area contributed by atoms with Gasteiger partial charge in [-0.3, -0.25) is 14.8 Å². The van der Waals surface area contributed by atoms with Gasteiger partial charge < -0.3 is 10.4 Å². The standard InChI is InChI=1S/C12H15N5O3/c1-9-4-10(17(19)20)2-3-12(9)14-5-11(18)6-16-8-13-7-15-16/h2-4,7-8,11,14,18H,5-6H2,1H3. The summed E-state index contributed by atoms with van der Waals surface area (Å²) in [4.78, 5) is 14.0. The lowest BCUT2D eigenvalue weighted by molar-refractivity contribution is -0.384. The number of rotatable bonds is 6. The van der Waals surface area contributed by atoms with E-state index in [-0.39, 0.29) is 5.69 Å². The molecule has 0 fully saturated rings. The Bertz CT molecular complexity index is 585. The molecule has 0 radical (unpaired) electrons. The van der Waals surface area contributed by atoms with Crippen LogP contribution in [0.2, 0.25) is 0 Å². The van der Waals surface area contributed by atoms with Gasteiger partial charge in [0.05, 0.1) is 17.6 Å². The van der Waals surface area contributed by atoms with E-state index < -0.39 is 11.0 Å². The van der Waals surface area contributed by atoms with Crippen LogP contribution >= 0.6 is 0 Å². The molecule has 0 bridgehead atoms. The number of aromatic nitrogens is 3. The zero-order valence-electron chi connectivity index (χ0n) is 10.9. The van der Waals surface area contributed by atoms with Crippen molar-refractivity contribution in [3.8, 4) is 0 Å². The molecule has 0 saturated carbocycles. The number of nitrogens with one attached hydrogen (secondary N) is 1. The highest BCUT2D eigenvalue weighted by atomic mass is 16.6. The van der Waals surface area contributed by atoms with Crippen LogP contribution in [0.15, 0.2) is 30.9 Å². The van der Waals surface area contributed by atoms with Crippen molar-refractivity contribution in [2.45, 2.75) is 19.6 Å².